The van der Waals surface area contributed by atoms with Crippen molar-refractivity contribution in [1.82, 2.24) is 5.32 Å². The van der Waals surface area contributed by atoms with E-state index < -0.39 is 12.1 Å². The van der Waals surface area contributed by atoms with Crippen LogP contribution in [0.5, 0.6) is 0 Å². The molecule has 0 aromatic carbocycles. The van der Waals surface area contributed by atoms with E-state index in [1.807, 2.05) is 6.08 Å². The molecule has 0 atom stereocenters. The highest BCUT2D eigenvalue weighted by Crippen LogP contribution is 2.37. The smallest absolute Gasteiger partial charge is 0.397 e. The topological polar surface area (TPSA) is 64.6 Å². The molecule has 1 aliphatic carbocycles. The maximum absolute atomic E-state index is 11.3. The quantitative estimate of drug-likeness (QED) is 0.559. The molecule has 0 amide bonds. The van der Waals surface area contributed by atoms with Gasteiger partial charge in [-0.2, -0.15) is 0 Å². The largest absolute Gasteiger partial charge is 0.521 e. The molecule has 1 saturated carbocycles. The molecule has 2 aliphatic rings. The van der Waals surface area contributed by atoms with Crippen molar-refractivity contribution in [3.8, 4) is 0 Å². The van der Waals surface area contributed by atoms with E-state index in [9.17, 15) is 9.59 Å². The van der Waals surface area contributed by atoms with E-state index in [4.69, 9.17) is 4.74 Å². The van der Waals surface area contributed by atoms with Crippen LogP contribution in [0.4, 0.5) is 4.79 Å². The Balaban J connectivity index is 1.99. The Morgan fingerprint density at radius 1 is 1.29 bits per heavy atom. The highest BCUT2D eigenvalue weighted by atomic mass is 16.7. The summed E-state index contributed by atoms with van der Waals surface area (Å²) in [5.41, 5.74) is -0.214. The summed E-state index contributed by atoms with van der Waals surface area (Å²) in [5, 5.41) is 3.37. The first-order valence-electron chi connectivity index (χ1n) is 5.98. The second-order valence-electron chi connectivity index (χ2n) is 4.54. The molecular weight excluding hydrogens is 222 g/mol. The minimum atomic E-state index is -0.933. The maximum atomic E-state index is 11.3. The molecule has 1 heterocycles. The molecule has 0 aromatic rings. The zero-order valence-corrected chi connectivity index (χ0v) is 9.95. The molecule has 1 spiro atoms. The van der Waals surface area contributed by atoms with Gasteiger partial charge in [0.25, 0.3) is 0 Å². The minimum Gasteiger partial charge on any atom is -0.397 e. The highest BCUT2D eigenvalue weighted by molar-refractivity contribution is 5.80. The highest BCUT2D eigenvalue weighted by Gasteiger charge is 2.41. The van der Waals surface area contributed by atoms with Gasteiger partial charge in [-0.25, -0.2) is 4.79 Å². The van der Waals surface area contributed by atoms with Crippen LogP contribution in [0.1, 0.15) is 39.0 Å². The van der Waals surface area contributed by atoms with Gasteiger partial charge in [0, 0.05) is 13.5 Å². The lowest BCUT2D eigenvalue weighted by atomic mass is 9.81. The van der Waals surface area contributed by atoms with E-state index in [2.05, 4.69) is 10.1 Å². The van der Waals surface area contributed by atoms with Crippen molar-refractivity contribution < 1.29 is 19.1 Å². The van der Waals surface area contributed by atoms with Crippen LogP contribution >= 0.6 is 0 Å². The van der Waals surface area contributed by atoms with Crippen LogP contribution < -0.4 is 5.32 Å². The fourth-order valence-electron chi connectivity index (χ4n) is 2.57. The van der Waals surface area contributed by atoms with Crippen LogP contribution in [0.25, 0.3) is 0 Å². The zero-order valence-electron chi connectivity index (χ0n) is 9.95. The van der Waals surface area contributed by atoms with Gasteiger partial charge in [0.1, 0.15) is 5.76 Å². The summed E-state index contributed by atoms with van der Waals surface area (Å²) in [6.07, 6.45) is 6.31. The summed E-state index contributed by atoms with van der Waals surface area (Å²) in [6.45, 7) is 1.88. The first kappa shape index (κ1) is 12.1. The van der Waals surface area contributed by atoms with Crippen LogP contribution in [-0.2, 0) is 14.3 Å². The minimum absolute atomic E-state index is 0.214. The van der Waals surface area contributed by atoms with Crippen LogP contribution in [0, 0.1) is 0 Å². The third-order valence-electron chi connectivity index (χ3n) is 3.33. The normalized spacial score (nSPS) is 22.1. The second kappa shape index (κ2) is 4.87. The first-order chi connectivity index (χ1) is 8.12. The lowest BCUT2D eigenvalue weighted by Crippen LogP contribution is -2.45. The summed E-state index contributed by atoms with van der Waals surface area (Å²) in [6, 6.07) is 0. The fourth-order valence-corrected chi connectivity index (χ4v) is 2.57. The van der Waals surface area contributed by atoms with Gasteiger partial charge >= 0.3 is 12.1 Å². The number of nitrogens with one attached hydrogen (secondary N) is 1. The molecule has 1 N–H and O–H groups in total. The third kappa shape index (κ3) is 2.66. The Morgan fingerprint density at radius 2 is 2.00 bits per heavy atom. The molecule has 0 radical (unpaired) electrons. The van der Waals surface area contributed by atoms with E-state index in [0.29, 0.717) is 12.3 Å². The van der Waals surface area contributed by atoms with Gasteiger partial charge < -0.3 is 14.8 Å². The van der Waals surface area contributed by atoms with Gasteiger partial charge in [-0.3, -0.25) is 4.79 Å². The fraction of sp³-hybridized carbons (Fsp3) is 0.667. The Kier molecular flexibility index (Phi) is 3.47. The number of hydrogen-bond donors (Lipinski definition) is 1. The van der Waals surface area contributed by atoms with Crippen molar-refractivity contribution >= 4 is 12.1 Å². The van der Waals surface area contributed by atoms with Crippen molar-refractivity contribution in [3.05, 3.63) is 11.8 Å². The van der Waals surface area contributed by atoms with Crippen LogP contribution in [0.2, 0.25) is 0 Å². The summed E-state index contributed by atoms with van der Waals surface area (Å²) in [4.78, 5) is 21.9. The Hall–Kier alpha value is -1.36. The van der Waals surface area contributed by atoms with E-state index in [1.165, 1.54) is 13.3 Å². The summed E-state index contributed by atoms with van der Waals surface area (Å²) in [7, 11) is 0. The van der Waals surface area contributed by atoms with Crippen LogP contribution in [0.15, 0.2) is 11.8 Å². The van der Waals surface area contributed by atoms with Crippen molar-refractivity contribution in [1.29, 1.82) is 0 Å². The van der Waals surface area contributed by atoms with Crippen molar-refractivity contribution in [3.63, 3.8) is 0 Å². The number of esters is 1. The van der Waals surface area contributed by atoms with Gasteiger partial charge in [-0.1, -0.05) is 19.3 Å². The van der Waals surface area contributed by atoms with Crippen molar-refractivity contribution in [2.45, 2.75) is 44.6 Å². The summed E-state index contributed by atoms with van der Waals surface area (Å²) < 4.78 is 9.51. The SMILES string of the molecule is CC(=O)OC(=O)OC1=CCNC12CCCCC2. The Morgan fingerprint density at radius 3 is 2.65 bits per heavy atom. The number of rotatable bonds is 1. The standard InChI is InChI=1S/C12H17NO4/c1-9(14)16-11(15)17-10-5-8-13-12(10)6-3-2-4-7-12/h5,13H,2-4,6-8H2,1H3. The molecule has 5 nitrogen and oxygen atoms in total. The lowest BCUT2D eigenvalue weighted by molar-refractivity contribution is -0.136. The number of carbonyl (C=O) groups is 2. The third-order valence-corrected chi connectivity index (χ3v) is 3.33. The van der Waals surface area contributed by atoms with Gasteiger partial charge in [-0.15, -0.1) is 0 Å². The molecule has 0 unspecified atom stereocenters. The molecule has 2 rings (SSSR count). The Bertz CT molecular complexity index is 356. The maximum Gasteiger partial charge on any atom is 0.521 e. The van der Waals surface area contributed by atoms with Crippen molar-refractivity contribution in [2.24, 2.45) is 0 Å². The molecule has 17 heavy (non-hydrogen) atoms. The van der Waals surface area contributed by atoms with Gasteiger partial charge in [0.2, 0.25) is 0 Å². The van der Waals surface area contributed by atoms with E-state index in [0.717, 1.165) is 25.7 Å². The summed E-state index contributed by atoms with van der Waals surface area (Å²) in [5.74, 6) is -0.0392. The average Bonchev–Trinajstić information content (AvgIpc) is 2.61. The van der Waals surface area contributed by atoms with E-state index >= 15 is 0 Å². The lowest BCUT2D eigenvalue weighted by Gasteiger charge is -2.35. The molecule has 94 valence electrons. The predicted octanol–water partition coefficient (Wildman–Crippen LogP) is 1.88. The molecule has 1 fully saturated rings. The number of carbonyl (C=O) groups excluding carboxylic acids is 2. The van der Waals surface area contributed by atoms with E-state index in [1.54, 1.807) is 0 Å². The molecule has 1 aliphatic heterocycles. The zero-order chi connectivity index (χ0) is 12.3. The molecule has 5 heteroatoms. The number of ether oxygens (including phenoxy) is 2. The molecule has 0 saturated heterocycles. The Labute approximate surface area is 100 Å². The summed E-state index contributed by atoms with van der Waals surface area (Å²) >= 11 is 0. The predicted molar refractivity (Wildman–Crippen MR) is 60.1 cm³/mol. The average molecular weight is 239 g/mol. The number of hydrogen-bond acceptors (Lipinski definition) is 5. The van der Waals surface area contributed by atoms with Crippen LogP contribution in [0.3, 0.4) is 0 Å². The molecular formula is C12H17NO4. The van der Waals surface area contributed by atoms with Gasteiger partial charge in [0.05, 0.1) is 5.54 Å². The molecule has 0 aromatic heterocycles. The van der Waals surface area contributed by atoms with E-state index in [-0.39, 0.29) is 5.54 Å². The van der Waals surface area contributed by atoms with Crippen molar-refractivity contribution in [2.75, 3.05) is 6.54 Å². The second-order valence-corrected chi connectivity index (χ2v) is 4.54. The van der Waals surface area contributed by atoms with Gasteiger partial charge in [-0.05, 0) is 18.9 Å². The monoisotopic (exact) mass is 239 g/mol. The van der Waals surface area contributed by atoms with Crippen LogP contribution in [-0.4, -0.2) is 24.2 Å². The first-order valence-corrected chi connectivity index (χ1v) is 5.98. The van der Waals surface area contributed by atoms with Gasteiger partial charge in [0.15, 0.2) is 0 Å². The molecule has 0 bridgehead atoms.